The van der Waals surface area contributed by atoms with Gasteiger partial charge in [0.15, 0.2) is 0 Å². The lowest BCUT2D eigenvalue weighted by Crippen LogP contribution is -2.58. The SMILES string of the molecule is CCCC1C(=O)NCC(=O)N1Cc1ncnn1CCC. The Labute approximate surface area is 118 Å². The highest BCUT2D eigenvalue weighted by Gasteiger charge is 2.34. The van der Waals surface area contributed by atoms with Crippen LogP contribution >= 0.6 is 0 Å². The summed E-state index contributed by atoms with van der Waals surface area (Å²) < 4.78 is 1.79. The maximum absolute atomic E-state index is 12.1. The number of rotatable bonds is 6. The van der Waals surface area contributed by atoms with Crippen molar-refractivity contribution in [3.8, 4) is 0 Å². The van der Waals surface area contributed by atoms with E-state index in [0.29, 0.717) is 13.0 Å². The first-order valence-electron chi connectivity index (χ1n) is 7.11. The molecule has 0 bridgehead atoms. The van der Waals surface area contributed by atoms with Gasteiger partial charge in [-0.2, -0.15) is 5.10 Å². The Morgan fingerprint density at radius 2 is 2.15 bits per heavy atom. The molecule has 110 valence electrons. The predicted molar refractivity (Wildman–Crippen MR) is 72.6 cm³/mol. The molecule has 7 nitrogen and oxygen atoms in total. The molecule has 2 rings (SSSR count). The highest BCUT2D eigenvalue weighted by Crippen LogP contribution is 2.15. The van der Waals surface area contributed by atoms with E-state index in [1.165, 1.54) is 6.33 Å². The average molecular weight is 279 g/mol. The standard InChI is InChI=1S/C13H21N5O2/c1-3-5-10-13(20)14-7-12(19)17(10)8-11-15-9-16-18(11)6-4-2/h9-10H,3-8H2,1-2H3,(H,14,20). The maximum atomic E-state index is 12.1. The van der Waals surface area contributed by atoms with Crippen LogP contribution < -0.4 is 5.32 Å². The van der Waals surface area contributed by atoms with Crippen LogP contribution in [0.15, 0.2) is 6.33 Å². The smallest absolute Gasteiger partial charge is 0.243 e. The number of hydrogen-bond donors (Lipinski definition) is 1. The van der Waals surface area contributed by atoms with Gasteiger partial charge < -0.3 is 10.2 Å². The molecule has 0 saturated carbocycles. The Morgan fingerprint density at radius 3 is 2.85 bits per heavy atom. The van der Waals surface area contributed by atoms with Gasteiger partial charge in [-0.05, 0) is 12.8 Å². The van der Waals surface area contributed by atoms with Gasteiger partial charge in [0.05, 0.1) is 13.1 Å². The number of nitrogens with zero attached hydrogens (tertiary/aromatic N) is 4. The number of piperazine rings is 1. The summed E-state index contributed by atoms with van der Waals surface area (Å²) in [6.45, 7) is 5.24. The van der Waals surface area contributed by atoms with Crippen molar-refractivity contribution >= 4 is 11.8 Å². The van der Waals surface area contributed by atoms with Crippen molar-refractivity contribution in [1.82, 2.24) is 25.0 Å². The second-order valence-corrected chi connectivity index (χ2v) is 4.94. The van der Waals surface area contributed by atoms with E-state index in [9.17, 15) is 9.59 Å². The third-order valence-corrected chi connectivity index (χ3v) is 3.42. The number of amides is 2. The van der Waals surface area contributed by atoms with Gasteiger partial charge in [0.1, 0.15) is 18.2 Å². The minimum atomic E-state index is -0.395. The summed E-state index contributed by atoms with van der Waals surface area (Å²) >= 11 is 0. The zero-order chi connectivity index (χ0) is 14.5. The molecule has 2 amide bonds. The van der Waals surface area contributed by atoms with Crippen molar-refractivity contribution in [2.45, 2.75) is 52.2 Å². The molecule has 1 aliphatic heterocycles. The zero-order valence-electron chi connectivity index (χ0n) is 12.0. The molecule has 1 aromatic rings. The number of aryl methyl sites for hydroxylation is 1. The van der Waals surface area contributed by atoms with Crippen molar-refractivity contribution in [2.75, 3.05) is 6.54 Å². The van der Waals surface area contributed by atoms with Crippen molar-refractivity contribution < 1.29 is 9.59 Å². The molecular formula is C13H21N5O2. The number of carbonyl (C=O) groups excluding carboxylic acids is 2. The molecule has 1 unspecified atom stereocenters. The van der Waals surface area contributed by atoms with E-state index >= 15 is 0 Å². The first kappa shape index (κ1) is 14.5. The molecule has 0 aliphatic carbocycles. The summed E-state index contributed by atoms with van der Waals surface area (Å²) in [6, 6.07) is -0.395. The lowest BCUT2D eigenvalue weighted by atomic mass is 10.1. The predicted octanol–water partition coefficient (Wildman–Crippen LogP) is 0.315. The minimum absolute atomic E-state index is 0.0610. The molecule has 1 aliphatic rings. The van der Waals surface area contributed by atoms with Crippen LogP contribution in [0.2, 0.25) is 0 Å². The van der Waals surface area contributed by atoms with Crippen molar-refractivity contribution in [3.63, 3.8) is 0 Å². The van der Waals surface area contributed by atoms with Crippen molar-refractivity contribution in [2.24, 2.45) is 0 Å². The monoisotopic (exact) mass is 279 g/mol. The fraction of sp³-hybridized carbons (Fsp3) is 0.692. The first-order valence-corrected chi connectivity index (χ1v) is 7.11. The van der Waals surface area contributed by atoms with Gasteiger partial charge in [0, 0.05) is 6.54 Å². The highest BCUT2D eigenvalue weighted by molar-refractivity contribution is 5.94. The van der Waals surface area contributed by atoms with Gasteiger partial charge in [0.2, 0.25) is 11.8 Å². The minimum Gasteiger partial charge on any atom is -0.345 e. The van der Waals surface area contributed by atoms with Gasteiger partial charge in [-0.3, -0.25) is 9.59 Å². The Kier molecular flexibility index (Phi) is 4.70. The Morgan fingerprint density at radius 1 is 1.35 bits per heavy atom. The number of carbonyl (C=O) groups is 2. The second kappa shape index (κ2) is 6.49. The number of hydrogen-bond acceptors (Lipinski definition) is 4. The Balaban J connectivity index is 2.16. The summed E-state index contributed by atoms with van der Waals surface area (Å²) in [5.74, 6) is 0.595. The fourth-order valence-electron chi connectivity index (χ4n) is 2.42. The lowest BCUT2D eigenvalue weighted by Gasteiger charge is -2.34. The topological polar surface area (TPSA) is 80.1 Å². The van der Waals surface area contributed by atoms with Crippen LogP contribution in [0.1, 0.15) is 38.9 Å². The largest absolute Gasteiger partial charge is 0.345 e. The zero-order valence-corrected chi connectivity index (χ0v) is 12.0. The van der Waals surface area contributed by atoms with Crippen LogP contribution in [0.3, 0.4) is 0 Å². The Hall–Kier alpha value is -1.92. The normalized spacial score (nSPS) is 19.3. The third kappa shape index (κ3) is 2.97. The highest BCUT2D eigenvalue weighted by atomic mass is 16.2. The van der Waals surface area contributed by atoms with E-state index < -0.39 is 6.04 Å². The molecular weight excluding hydrogens is 258 g/mol. The lowest BCUT2D eigenvalue weighted by molar-refractivity contribution is -0.146. The summed E-state index contributed by atoms with van der Waals surface area (Å²) in [4.78, 5) is 29.8. The molecule has 1 atom stereocenters. The van der Waals surface area contributed by atoms with Crippen LogP contribution in [-0.4, -0.2) is 44.1 Å². The molecule has 20 heavy (non-hydrogen) atoms. The van der Waals surface area contributed by atoms with E-state index in [1.807, 2.05) is 6.92 Å². The van der Waals surface area contributed by atoms with Gasteiger partial charge in [-0.15, -0.1) is 0 Å². The molecule has 2 heterocycles. The van der Waals surface area contributed by atoms with E-state index in [-0.39, 0.29) is 18.4 Å². The summed E-state index contributed by atoms with van der Waals surface area (Å²) in [5, 5.41) is 6.80. The number of nitrogens with one attached hydrogen (secondary N) is 1. The molecule has 0 radical (unpaired) electrons. The van der Waals surface area contributed by atoms with Crippen molar-refractivity contribution in [3.05, 3.63) is 12.2 Å². The maximum Gasteiger partial charge on any atom is 0.243 e. The van der Waals surface area contributed by atoms with Crippen LogP contribution in [0, 0.1) is 0 Å². The average Bonchev–Trinajstić information content (AvgIpc) is 2.86. The van der Waals surface area contributed by atoms with Crippen LogP contribution in [0.25, 0.3) is 0 Å². The summed E-state index contributed by atoms with van der Waals surface area (Å²) in [5.41, 5.74) is 0. The summed E-state index contributed by atoms with van der Waals surface area (Å²) in [7, 11) is 0. The van der Waals surface area contributed by atoms with Crippen molar-refractivity contribution in [1.29, 1.82) is 0 Å². The Bertz CT molecular complexity index is 485. The molecule has 1 N–H and O–H groups in total. The molecule has 1 saturated heterocycles. The van der Waals surface area contributed by atoms with Gasteiger partial charge in [-0.1, -0.05) is 20.3 Å². The molecule has 0 spiro atoms. The quantitative estimate of drug-likeness (QED) is 0.813. The van der Waals surface area contributed by atoms with E-state index in [0.717, 1.165) is 25.2 Å². The van der Waals surface area contributed by atoms with Crippen LogP contribution in [0.4, 0.5) is 0 Å². The van der Waals surface area contributed by atoms with Gasteiger partial charge in [0.25, 0.3) is 0 Å². The summed E-state index contributed by atoms with van der Waals surface area (Å²) in [6.07, 6.45) is 3.96. The van der Waals surface area contributed by atoms with E-state index in [4.69, 9.17) is 0 Å². The van der Waals surface area contributed by atoms with E-state index in [2.05, 4.69) is 22.3 Å². The molecule has 1 fully saturated rings. The van der Waals surface area contributed by atoms with Crippen LogP contribution in [0.5, 0.6) is 0 Å². The molecule has 1 aromatic heterocycles. The van der Waals surface area contributed by atoms with Gasteiger partial charge >= 0.3 is 0 Å². The molecule has 0 aromatic carbocycles. The van der Waals surface area contributed by atoms with Crippen LogP contribution in [-0.2, 0) is 22.7 Å². The van der Waals surface area contributed by atoms with E-state index in [1.54, 1.807) is 9.58 Å². The number of aromatic nitrogens is 3. The third-order valence-electron chi connectivity index (χ3n) is 3.42. The second-order valence-electron chi connectivity index (χ2n) is 4.94. The first-order chi connectivity index (χ1) is 9.67. The fourth-order valence-corrected chi connectivity index (χ4v) is 2.42. The van der Waals surface area contributed by atoms with Gasteiger partial charge in [-0.25, -0.2) is 9.67 Å². The molecule has 7 heteroatoms.